The normalized spacial score (nSPS) is 11.8. The van der Waals surface area contributed by atoms with Crippen molar-refractivity contribution in [1.82, 2.24) is 10.6 Å². The summed E-state index contributed by atoms with van der Waals surface area (Å²) in [6.07, 6.45) is -0.185. The fourth-order valence-corrected chi connectivity index (χ4v) is 3.91. The molecule has 2 rings (SSSR count). The van der Waals surface area contributed by atoms with Gasteiger partial charge in [0, 0.05) is 6.54 Å². The molecule has 0 bridgehead atoms. The minimum atomic E-state index is -3.64. The number of carbonyl (C=O) groups is 2. The number of nitrogens with zero attached hydrogens (tertiary/aromatic N) is 1. The molecule has 0 aromatic heterocycles. The lowest BCUT2D eigenvalue weighted by molar-refractivity contribution is -0.135. The van der Waals surface area contributed by atoms with Crippen LogP contribution in [0.3, 0.4) is 0 Å². The fraction of sp³-hybridized carbons (Fsp3) is 0.250. The van der Waals surface area contributed by atoms with Crippen molar-refractivity contribution in [3.63, 3.8) is 0 Å². The molecular weight excluding hydrogens is 378 g/mol. The molecule has 146 valence electrons. The lowest BCUT2D eigenvalue weighted by Crippen LogP contribution is -2.42. The molecule has 0 saturated carbocycles. The maximum absolute atomic E-state index is 12.5. The Kier molecular flexibility index (Phi) is 7.72. The molecule has 0 spiro atoms. The second-order valence-corrected chi connectivity index (χ2v) is 8.16. The van der Waals surface area contributed by atoms with Gasteiger partial charge < -0.3 is 10.6 Å². The van der Waals surface area contributed by atoms with E-state index in [-0.39, 0.29) is 30.2 Å². The van der Waals surface area contributed by atoms with Gasteiger partial charge in [-0.1, -0.05) is 48.5 Å². The Labute approximate surface area is 164 Å². The molecule has 0 saturated heterocycles. The summed E-state index contributed by atoms with van der Waals surface area (Å²) in [5.74, 6) is -2.83. The van der Waals surface area contributed by atoms with E-state index >= 15 is 0 Å². The van der Waals surface area contributed by atoms with E-state index in [1.54, 1.807) is 24.3 Å². The number of rotatable bonds is 9. The molecule has 0 fully saturated rings. The molecule has 0 radical (unpaired) electrons. The van der Waals surface area contributed by atoms with Crippen LogP contribution in [0, 0.1) is 17.2 Å². The zero-order valence-electron chi connectivity index (χ0n) is 15.2. The summed E-state index contributed by atoms with van der Waals surface area (Å²) in [6, 6.07) is 18.8. The molecule has 1 unspecified atom stereocenters. The summed E-state index contributed by atoms with van der Waals surface area (Å²) < 4.78 is 24.9. The topological polar surface area (TPSA) is 116 Å². The van der Waals surface area contributed by atoms with E-state index in [0.717, 1.165) is 5.56 Å². The molecule has 28 heavy (non-hydrogen) atoms. The third-order valence-corrected chi connectivity index (χ3v) is 5.83. The first-order chi connectivity index (χ1) is 13.4. The van der Waals surface area contributed by atoms with E-state index < -0.39 is 27.6 Å². The number of nitriles is 1. The lowest BCUT2D eigenvalue weighted by Gasteiger charge is -2.16. The van der Waals surface area contributed by atoms with Gasteiger partial charge >= 0.3 is 0 Å². The van der Waals surface area contributed by atoms with Gasteiger partial charge in [-0.25, -0.2) is 8.42 Å². The highest BCUT2D eigenvalue weighted by Crippen LogP contribution is 2.15. The van der Waals surface area contributed by atoms with Crippen molar-refractivity contribution in [3.05, 3.63) is 66.2 Å². The highest BCUT2D eigenvalue weighted by atomic mass is 32.2. The van der Waals surface area contributed by atoms with Crippen LogP contribution in [0.5, 0.6) is 0 Å². The summed E-state index contributed by atoms with van der Waals surface area (Å²) in [7, 11) is -3.64. The Morgan fingerprint density at radius 2 is 1.50 bits per heavy atom. The van der Waals surface area contributed by atoms with Crippen LogP contribution in [-0.2, 0) is 26.0 Å². The number of amides is 2. The standard InChI is InChI=1S/C20H21N3O4S/c21-12-13-22-19(24)18(20(25)23-15-16-7-3-1-4-8-16)11-14-28(26,27)17-9-5-2-6-10-17/h1-10,18H,11,13-15H2,(H,22,24)(H,23,25). The van der Waals surface area contributed by atoms with E-state index in [1.165, 1.54) is 12.1 Å². The second-order valence-electron chi connectivity index (χ2n) is 6.05. The predicted octanol–water partition coefficient (Wildman–Crippen LogP) is 1.42. The van der Waals surface area contributed by atoms with Crippen LogP contribution in [0.2, 0.25) is 0 Å². The van der Waals surface area contributed by atoms with E-state index in [9.17, 15) is 18.0 Å². The van der Waals surface area contributed by atoms with E-state index in [4.69, 9.17) is 5.26 Å². The van der Waals surface area contributed by atoms with Gasteiger partial charge in [0.15, 0.2) is 9.84 Å². The van der Waals surface area contributed by atoms with Crippen molar-refractivity contribution in [1.29, 1.82) is 5.26 Å². The van der Waals surface area contributed by atoms with Gasteiger partial charge in [-0.15, -0.1) is 0 Å². The molecule has 1 atom stereocenters. The molecule has 2 aromatic rings. The number of hydrogen-bond donors (Lipinski definition) is 2. The Balaban J connectivity index is 2.07. The van der Waals surface area contributed by atoms with Crippen LogP contribution in [0.1, 0.15) is 12.0 Å². The van der Waals surface area contributed by atoms with E-state index in [0.29, 0.717) is 0 Å². The summed E-state index contributed by atoms with van der Waals surface area (Å²) in [5, 5.41) is 13.6. The van der Waals surface area contributed by atoms with Gasteiger partial charge in [0.25, 0.3) is 0 Å². The van der Waals surface area contributed by atoms with Crippen LogP contribution in [0.25, 0.3) is 0 Å². The van der Waals surface area contributed by atoms with Crippen molar-refractivity contribution in [2.75, 3.05) is 12.3 Å². The summed E-state index contributed by atoms with van der Waals surface area (Å²) in [4.78, 5) is 25.0. The number of sulfone groups is 1. The monoisotopic (exact) mass is 399 g/mol. The van der Waals surface area contributed by atoms with Crippen LogP contribution < -0.4 is 10.6 Å². The predicted molar refractivity (Wildman–Crippen MR) is 104 cm³/mol. The van der Waals surface area contributed by atoms with Gasteiger partial charge in [0.05, 0.1) is 16.7 Å². The molecule has 0 aliphatic heterocycles. The zero-order valence-corrected chi connectivity index (χ0v) is 16.0. The third-order valence-electron chi connectivity index (χ3n) is 4.06. The van der Waals surface area contributed by atoms with Crippen molar-refractivity contribution < 1.29 is 18.0 Å². The summed E-state index contributed by atoms with van der Waals surface area (Å²) in [5.41, 5.74) is 0.851. The first-order valence-corrected chi connectivity index (χ1v) is 10.3. The first kappa shape index (κ1) is 21.1. The molecule has 0 heterocycles. The summed E-state index contributed by atoms with van der Waals surface area (Å²) >= 11 is 0. The Morgan fingerprint density at radius 3 is 2.11 bits per heavy atom. The Bertz CT molecular complexity index is 938. The quantitative estimate of drug-likeness (QED) is 0.489. The van der Waals surface area contributed by atoms with Gasteiger partial charge in [-0.05, 0) is 24.1 Å². The average molecular weight is 399 g/mol. The number of nitrogens with one attached hydrogen (secondary N) is 2. The largest absolute Gasteiger partial charge is 0.351 e. The molecule has 7 nitrogen and oxygen atoms in total. The average Bonchev–Trinajstić information content (AvgIpc) is 2.72. The highest BCUT2D eigenvalue weighted by molar-refractivity contribution is 7.91. The van der Waals surface area contributed by atoms with Crippen LogP contribution in [-0.4, -0.2) is 32.5 Å². The van der Waals surface area contributed by atoms with Crippen LogP contribution in [0.15, 0.2) is 65.6 Å². The maximum Gasteiger partial charge on any atom is 0.233 e. The minimum absolute atomic E-state index is 0.135. The van der Waals surface area contributed by atoms with Crippen molar-refractivity contribution in [2.24, 2.45) is 5.92 Å². The highest BCUT2D eigenvalue weighted by Gasteiger charge is 2.28. The maximum atomic E-state index is 12.5. The Morgan fingerprint density at radius 1 is 0.929 bits per heavy atom. The molecule has 0 aliphatic carbocycles. The smallest absolute Gasteiger partial charge is 0.233 e. The van der Waals surface area contributed by atoms with E-state index in [1.807, 2.05) is 30.3 Å². The molecule has 8 heteroatoms. The van der Waals surface area contributed by atoms with Gasteiger partial charge in [0.2, 0.25) is 11.8 Å². The number of hydrogen-bond acceptors (Lipinski definition) is 5. The summed E-state index contributed by atoms with van der Waals surface area (Å²) in [6.45, 7) is -0.0418. The Hall–Kier alpha value is -3.18. The molecule has 2 N–H and O–H groups in total. The SMILES string of the molecule is N#CCNC(=O)C(CCS(=O)(=O)c1ccccc1)C(=O)NCc1ccccc1. The van der Waals surface area contributed by atoms with Crippen LogP contribution >= 0.6 is 0 Å². The molecule has 2 aromatic carbocycles. The van der Waals surface area contributed by atoms with Crippen molar-refractivity contribution >= 4 is 21.7 Å². The van der Waals surface area contributed by atoms with Gasteiger partial charge in [-0.2, -0.15) is 5.26 Å². The van der Waals surface area contributed by atoms with Crippen molar-refractivity contribution in [3.8, 4) is 6.07 Å². The molecule has 0 aliphatic rings. The first-order valence-electron chi connectivity index (χ1n) is 8.68. The van der Waals surface area contributed by atoms with E-state index in [2.05, 4.69) is 10.6 Å². The second kappa shape index (κ2) is 10.2. The zero-order chi connectivity index (χ0) is 20.4. The molecule has 2 amide bonds. The fourth-order valence-electron chi connectivity index (χ4n) is 2.56. The van der Waals surface area contributed by atoms with Gasteiger partial charge in [0.1, 0.15) is 12.5 Å². The van der Waals surface area contributed by atoms with Crippen LogP contribution in [0.4, 0.5) is 0 Å². The lowest BCUT2D eigenvalue weighted by atomic mass is 10.0. The number of benzene rings is 2. The molecular formula is C20H21N3O4S. The third kappa shape index (κ3) is 6.21. The van der Waals surface area contributed by atoms with Crippen molar-refractivity contribution in [2.45, 2.75) is 17.9 Å². The van der Waals surface area contributed by atoms with Gasteiger partial charge in [-0.3, -0.25) is 9.59 Å². The minimum Gasteiger partial charge on any atom is -0.351 e. The number of carbonyl (C=O) groups excluding carboxylic acids is 2.